The summed E-state index contributed by atoms with van der Waals surface area (Å²) >= 11 is 0. The molecule has 37 valence electrons. The molecule has 0 amide bonds. The van der Waals surface area contributed by atoms with Crippen molar-refractivity contribution in [1.29, 1.82) is 0 Å². The third kappa shape index (κ3) is 38.0. The van der Waals surface area contributed by atoms with Crippen molar-refractivity contribution in [3.63, 3.8) is 0 Å². The molecule has 0 bridgehead atoms. The summed E-state index contributed by atoms with van der Waals surface area (Å²) < 4.78 is 0. The van der Waals surface area contributed by atoms with Crippen LogP contribution in [0.5, 0.6) is 0 Å². The average molecular weight is 279 g/mol. The first-order valence-electron chi connectivity index (χ1n) is 0. The molecule has 0 nitrogen and oxygen atoms in total. The van der Waals surface area contributed by atoms with Crippen LogP contribution < -0.4 is 34.2 Å². The predicted octanol–water partition coefficient (Wildman–Crippen LogP) is -12.4. The third-order valence-corrected chi connectivity index (χ3v) is 0. The van der Waals surface area contributed by atoms with Crippen molar-refractivity contribution < 1.29 is 55.9 Å². The van der Waals surface area contributed by atoms with Gasteiger partial charge >= 0.3 is 21.7 Å². The summed E-state index contributed by atoms with van der Waals surface area (Å²) in [5.74, 6) is 0. The molecule has 0 saturated carbocycles. The molecule has 0 aliphatic rings. The Morgan fingerprint density at radius 2 is 0.667 bits per heavy atom. The van der Waals surface area contributed by atoms with E-state index in [0.717, 1.165) is 0 Å². The van der Waals surface area contributed by atoms with Crippen LogP contribution in [0.2, 0.25) is 0 Å². The Hall–Kier alpha value is 1.97. The number of rotatable bonds is 0. The van der Waals surface area contributed by atoms with Gasteiger partial charge in [0.2, 0.25) is 0 Å². The van der Waals surface area contributed by atoms with Crippen LogP contribution in [0, 0.1) is 0 Å². The van der Waals surface area contributed by atoms with Crippen molar-refractivity contribution in [1.82, 2.24) is 0 Å². The number of hydrogen-bond donors (Lipinski definition) is 0. The Morgan fingerprint density at radius 3 is 0.667 bits per heavy atom. The molecule has 0 aliphatic heterocycles. The van der Waals surface area contributed by atoms with E-state index in [2.05, 4.69) is 0 Å². The summed E-state index contributed by atoms with van der Waals surface area (Å²) in [6, 6.07) is 0. The van der Waals surface area contributed by atoms with Gasteiger partial charge in [0.15, 0.2) is 0 Å². The van der Waals surface area contributed by atoms with E-state index in [-0.39, 0.29) is 80.4 Å². The van der Waals surface area contributed by atoms with Crippen LogP contribution in [0.3, 0.4) is 0 Å². The third-order valence-electron chi connectivity index (χ3n) is 0. The SMILES string of the molecule is [Cl-].[Cl-].[F-].[F-].[Sb].[Ti+4]. The van der Waals surface area contributed by atoms with Gasteiger partial charge in [0.1, 0.15) is 0 Å². The van der Waals surface area contributed by atoms with Crippen molar-refractivity contribution >= 4 is 24.4 Å². The van der Waals surface area contributed by atoms with Gasteiger partial charge in [-0.2, -0.15) is 0 Å². The van der Waals surface area contributed by atoms with Gasteiger partial charge < -0.3 is 34.2 Å². The van der Waals surface area contributed by atoms with Crippen molar-refractivity contribution in [2.24, 2.45) is 0 Å². The van der Waals surface area contributed by atoms with Crippen molar-refractivity contribution in [3.05, 3.63) is 0 Å². The minimum Gasteiger partial charge on any atom is -1.00 e. The predicted molar refractivity (Wildman–Crippen MR) is 5.75 cm³/mol. The van der Waals surface area contributed by atoms with Gasteiger partial charge in [0.25, 0.3) is 0 Å². The van der Waals surface area contributed by atoms with Crippen LogP contribution in [0.4, 0.5) is 0 Å². The normalized spacial score (nSPS) is 0. The minimum atomic E-state index is 0. The van der Waals surface area contributed by atoms with Gasteiger partial charge in [-0.25, -0.2) is 0 Å². The first kappa shape index (κ1) is 99.6. The van der Waals surface area contributed by atoms with E-state index >= 15 is 0 Å². The fourth-order valence-corrected chi connectivity index (χ4v) is 0. The quantitative estimate of drug-likeness (QED) is 0.386. The second-order valence-corrected chi connectivity index (χ2v) is 0. The summed E-state index contributed by atoms with van der Waals surface area (Å²) in [5, 5.41) is 0. The summed E-state index contributed by atoms with van der Waals surface area (Å²) in [6.45, 7) is 0. The molecule has 0 rings (SSSR count). The van der Waals surface area contributed by atoms with Crippen molar-refractivity contribution in [3.8, 4) is 0 Å². The molecule has 0 unspecified atom stereocenters. The molecule has 0 N–H and O–H groups in total. The zero-order chi connectivity index (χ0) is 0. The van der Waals surface area contributed by atoms with Gasteiger partial charge in [-0.3, -0.25) is 0 Å². The van der Waals surface area contributed by atoms with Crippen LogP contribution in [-0.4, -0.2) is 24.4 Å². The van der Waals surface area contributed by atoms with E-state index in [1.807, 2.05) is 0 Å². The van der Waals surface area contributed by atoms with E-state index < -0.39 is 0 Å². The van der Waals surface area contributed by atoms with Crippen molar-refractivity contribution in [2.45, 2.75) is 0 Å². The summed E-state index contributed by atoms with van der Waals surface area (Å²) in [5.41, 5.74) is 0. The largest absolute Gasteiger partial charge is 4.00 e. The maximum Gasteiger partial charge on any atom is 4.00 e. The zero-order valence-electron chi connectivity index (χ0n) is 2.46. The van der Waals surface area contributed by atoms with Crippen molar-refractivity contribution in [2.75, 3.05) is 0 Å². The van der Waals surface area contributed by atoms with Crippen LogP contribution in [0.15, 0.2) is 0 Å². The molecule has 3 radical (unpaired) electrons. The molecule has 0 aromatic rings. The molecule has 0 fully saturated rings. The Bertz CT molecular complexity index is 11.5. The van der Waals surface area contributed by atoms with E-state index in [1.165, 1.54) is 0 Å². The molecule has 0 spiro atoms. The molecule has 0 aliphatic carbocycles. The molecular weight excluding hydrogens is 279 g/mol. The molecule has 0 aromatic carbocycles. The fourth-order valence-electron chi connectivity index (χ4n) is 0. The molecule has 6 heteroatoms. The smallest absolute Gasteiger partial charge is 1.00 e. The van der Waals surface area contributed by atoms with Crippen LogP contribution in [0.1, 0.15) is 0 Å². The van der Waals surface area contributed by atoms with Crippen LogP contribution in [0.25, 0.3) is 0 Å². The Kier molecular flexibility index (Phi) is 1060. The van der Waals surface area contributed by atoms with E-state index in [9.17, 15) is 0 Å². The van der Waals surface area contributed by atoms with Gasteiger partial charge in [0.05, 0.1) is 0 Å². The van der Waals surface area contributed by atoms with Crippen LogP contribution in [-0.2, 0) is 21.7 Å². The standard InChI is InChI=1S/2ClH.2FH.Sb.Ti/h4*1H;;/q;;;;;+4/p-4. The molecule has 6 heavy (non-hydrogen) atoms. The van der Waals surface area contributed by atoms with E-state index in [1.54, 1.807) is 0 Å². The second-order valence-electron chi connectivity index (χ2n) is 0. The summed E-state index contributed by atoms with van der Waals surface area (Å²) in [7, 11) is 0. The second kappa shape index (κ2) is 63.9. The van der Waals surface area contributed by atoms with E-state index in [4.69, 9.17) is 0 Å². The van der Waals surface area contributed by atoms with Gasteiger partial charge in [0, 0.05) is 24.4 Å². The van der Waals surface area contributed by atoms with Gasteiger partial charge in [-0.15, -0.1) is 0 Å². The fraction of sp³-hybridized carbons (Fsp3) is 0. The number of hydrogen-bond acceptors (Lipinski definition) is 0. The molecule has 0 aromatic heterocycles. The number of halogens is 4. The van der Waals surface area contributed by atoms with Crippen LogP contribution >= 0.6 is 0 Å². The van der Waals surface area contributed by atoms with Gasteiger partial charge in [-0.05, 0) is 0 Å². The Balaban J connectivity index is 0. The minimum absolute atomic E-state index is 0. The molecule has 0 saturated heterocycles. The van der Waals surface area contributed by atoms with Gasteiger partial charge in [-0.1, -0.05) is 0 Å². The summed E-state index contributed by atoms with van der Waals surface area (Å²) in [4.78, 5) is 0. The summed E-state index contributed by atoms with van der Waals surface area (Å²) in [6.07, 6.45) is 0. The Morgan fingerprint density at radius 1 is 0.667 bits per heavy atom. The molecule has 0 atom stereocenters. The Labute approximate surface area is 79.7 Å². The topological polar surface area (TPSA) is 0 Å². The average Bonchev–Trinajstić information content (AvgIpc) is 0. The first-order chi connectivity index (χ1) is 0. The first-order valence-corrected chi connectivity index (χ1v) is 0. The zero-order valence-corrected chi connectivity index (χ0v) is 8.09. The van der Waals surface area contributed by atoms with E-state index in [0.29, 0.717) is 0 Å². The monoisotopic (exact) mass is 277 g/mol. The maximum atomic E-state index is 0. The molecule has 0 heterocycles. The maximum absolute atomic E-state index is 0. The molecular formula is Cl2F2SbTi.